The third-order valence-electron chi connectivity index (χ3n) is 0.265. The molecule has 0 aliphatic rings. The summed E-state index contributed by atoms with van der Waals surface area (Å²) in [4.78, 5) is 3.56. The van der Waals surface area contributed by atoms with E-state index in [4.69, 9.17) is 4.61 Å². The second kappa shape index (κ2) is 4.40. The van der Waals surface area contributed by atoms with Crippen LogP contribution in [0, 0.1) is 4.61 Å². The van der Waals surface area contributed by atoms with E-state index in [9.17, 15) is 0 Å². The predicted molar refractivity (Wildman–Crippen MR) is 37.9 cm³/mol. The SMILES string of the molecule is CN=BS(#N)=S=S. The molecule has 6 heteroatoms. The van der Waals surface area contributed by atoms with Crippen LogP contribution in [-0.2, 0) is 29.0 Å². The second-order valence-corrected chi connectivity index (χ2v) is 4.26. The molecule has 0 radical (unpaired) electrons. The van der Waals surface area contributed by atoms with E-state index in [0.29, 0.717) is 0 Å². The fraction of sp³-hybridized carbons (Fsp3) is 1.00. The maximum atomic E-state index is 8.60. The molecule has 0 aromatic carbocycles. The van der Waals surface area contributed by atoms with E-state index in [0.717, 1.165) is 8.88 Å². The summed E-state index contributed by atoms with van der Waals surface area (Å²) in [6, 6.07) is 0. The zero-order valence-electron chi connectivity index (χ0n) is 3.70. The van der Waals surface area contributed by atoms with Crippen LogP contribution in [0.1, 0.15) is 0 Å². The molecule has 7 heavy (non-hydrogen) atoms. The molecule has 0 rings (SSSR count). The summed E-state index contributed by atoms with van der Waals surface area (Å²) >= 11 is 4.43. The van der Waals surface area contributed by atoms with Gasteiger partial charge in [0.25, 0.3) is 0 Å². The fourth-order valence-electron chi connectivity index (χ4n) is 0.108. The van der Waals surface area contributed by atoms with Gasteiger partial charge in [-0.3, -0.25) is 0 Å². The molecule has 0 aromatic rings. The molecule has 0 heterocycles. The predicted octanol–water partition coefficient (Wildman–Crippen LogP) is -0.0238. The molecule has 0 bridgehead atoms. The molecule has 0 atom stereocenters. The Morgan fingerprint density at radius 3 is 2.71 bits per heavy atom. The molecule has 0 saturated carbocycles. The first kappa shape index (κ1) is 7.23. The fourth-order valence-corrected chi connectivity index (χ4v) is 1.00. The van der Waals surface area contributed by atoms with Crippen LogP contribution >= 0.6 is 0 Å². The Morgan fingerprint density at radius 1 is 2.00 bits per heavy atom. The molecule has 0 unspecified atom stereocenters. The van der Waals surface area contributed by atoms with Crippen molar-refractivity contribution in [2.45, 2.75) is 0 Å². The Balaban J connectivity index is 4.25. The summed E-state index contributed by atoms with van der Waals surface area (Å²) in [6.45, 7) is 0. The molecule has 0 spiro atoms. The monoisotopic (exact) mass is 150 g/mol. The van der Waals surface area contributed by atoms with Crippen LogP contribution in [-0.4, -0.2) is 13.4 Å². The van der Waals surface area contributed by atoms with Gasteiger partial charge < -0.3 is 0 Å². The summed E-state index contributed by atoms with van der Waals surface area (Å²) < 4.78 is 8.60. The van der Waals surface area contributed by atoms with Crippen LogP contribution in [0.15, 0.2) is 4.90 Å². The van der Waals surface area contributed by atoms with Crippen LogP contribution in [0.2, 0.25) is 0 Å². The van der Waals surface area contributed by atoms with Crippen LogP contribution in [0.25, 0.3) is 0 Å². The van der Waals surface area contributed by atoms with Gasteiger partial charge in [0.1, 0.15) is 0 Å². The molecule has 0 amide bonds. The molecule has 0 fully saturated rings. The maximum absolute atomic E-state index is 8.60. The van der Waals surface area contributed by atoms with Gasteiger partial charge >= 0.3 is 51.9 Å². The Labute approximate surface area is 52.2 Å². The van der Waals surface area contributed by atoms with Crippen LogP contribution in [0.3, 0.4) is 0 Å². The van der Waals surface area contributed by atoms with Crippen LogP contribution < -0.4 is 0 Å². The van der Waals surface area contributed by atoms with Crippen molar-refractivity contribution in [3.63, 3.8) is 0 Å². The summed E-state index contributed by atoms with van der Waals surface area (Å²) in [5.41, 5.74) is 0. The normalized spacial score (nSPS) is 8.00. The average molecular weight is 150 g/mol. The number of hydrogen-bond acceptors (Lipinski definition) is 3. The molecular formula is CH3BN2S3. The number of nitrogens with zero attached hydrogens (tertiary/aromatic N) is 2. The van der Waals surface area contributed by atoms with Crippen LogP contribution in [0.4, 0.5) is 0 Å². The van der Waals surface area contributed by atoms with Crippen molar-refractivity contribution in [3.05, 3.63) is 0 Å². The van der Waals surface area contributed by atoms with Gasteiger partial charge in [-0.05, 0) is 0 Å². The molecule has 0 aliphatic heterocycles. The molecular weight excluding hydrogens is 147 g/mol. The summed E-state index contributed by atoms with van der Waals surface area (Å²) in [5, 5.41) is 0. The Hall–Kier alpha value is 0.235. The van der Waals surface area contributed by atoms with Gasteiger partial charge in [-0.25, -0.2) is 0 Å². The number of hydrogen-bond donors (Lipinski definition) is 0. The minimum absolute atomic E-state index is 0.837. The first-order valence-electron chi connectivity index (χ1n) is 1.46. The van der Waals surface area contributed by atoms with Crippen molar-refractivity contribution in [1.29, 1.82) is 4.61 Å². The van der Waals surface area contributed by atoms with Gasteiger partial charge in [-0.15, -0.1) is 0 Å². The van der Waals surface area contributed by atoms with E-state index in [1.54, 1.807) is 7.05 Å². The first-order valence-corrected chi connectivity index (χ1v) is 4.96. The van der Waals surface area contributed by atoms with Crippen molar-refractivity contribution >= 4 is 35.4 Å². The van der Waals surface area contributed by atoms with E-state index in [1.165, 1.54) is 6.35 Å². The van der Waals surface area contributed by atoms with E-state index >= 15 is 0 Å². The zero-order valence-corrected chi connectivity index (χ0v) is 6.15. The van der Waals surface area contributed by atoms with Gasteiger partial charge in [0.05, 0.1) is 0 Å². The van der Waals surface area contributed by atoms with E-state index in [2.05, 4.69) is 16.1 Å². The zero-order chi connectivity index (χ0) is 5.70. The molecule has 0 aliphatic carbocycles. The Morgan fingerprint density at radius 2 is 2.57 bits per heavy atom. The Bertz CT molecular complexity index is 206. The van der Waals surface area contributed by atoms with Crippen molar-refractivity contribution in [2.24, 2.45) is 4.90 Å². The molecule has 0 saturated heterocycles. The van der Waals surface area contributed by atoms with E-state index in [-0.39, 0.29) is 0 Å². The Kier molecular flexibility index (Phi) is 4.54. The van der Waals surface area contributed by atoms with Crippen molar-refractivity contribution in [2.75, 3.05) is 7.05 Å². The van der Waals surface area contributed by atoms with Crippen LogP contribution in [0.5, 0.6) is 0 Å². The number of rotatable bonds is 0. The van der Waals surface area contributed by atoms with Gasteiger partial charge in [-0.2, -0.15) is 0 Å². The third kappa shape index (κ3) is 4.08. The van der Waals surface area contributed by atoms with Crippen molar-refractivity contribution < 1.29 is 0 Å². The van der Waals surface area contributed by atoms with E-state index < -0.39 is 8.93 Å². The third-order valence-corrected chi connectivity index (χ3v) is 2.73. The minimum atomic E-state index is -0.837. The van der Waals surface area contributed by atoms with Gasteiger partial charge in [-0.1, -0.05) is 0 Å². The molecule has 38 valence electrons. The molecule has 2 nitrogen and oxygen atoms in total. The van der Waals surface area contributed by atoms with Gasteiger partial charge in [0.2, 0.25) is 0 Å². The van der Waals surface area contributed by atoms with Crippen molar-refractivity contribution in [3.8, 4) is 0 Å². The summed E-state index contributed by atoms with van der Waals surface area (Å²) in [6.07, 6.45) is 1.41. The van der Waals surface area contributed by atoms with Crippen molar-refractivity contribution in [1.82, 2.24) is 0 Å². The molecule has 0 aromatic heterocycles. The molecule has 0 N–H and O–H groups in total. The quantitative estimate of drug-likeness (QED) is 0.455. The second-order valence-electron chi connectivity index (χ2n) is 0.708. The average Bonchev–Trinajstić information content (AvgIpc) is 1.68. The topological polar surface area (TPSA) is 36.1 Å². The standard InChI is InChI=1S/CH3BN2S3/c1-4-2-7(3)6-5/h1H3. The first-order chi connectivity index (χ1) is 3.31. The van der Waals surface area contributed by atoms with Gasteiger partial charge in [0.15, 0.2) is 0 Å². The van der Waals surface area contributed by atoms with E-state index in [1.807, 2.05) is 0 Å². The summed E-state index contributed by atoms with van der Waals surface area (Å²) in [7, 11) is 1.73. The van der Waals surface area contributed by atoms with Gasteiger partial charge in [0, 0.05) is 0 Å². The summed E-state index contributed by atoms with van der Waals surface area (Å²) in [5.74, 6) is 0.